The second-order valence-corrected chi connectivity index (χ2v) is 8.46. The number of amides is 3. The summed E-state index contributed by atoms with van der Waals surface area (Å²) in [4.78, 5) is 29.5. The van der Waals surface area contributed by atoms with Gasteiger partial charge in [0.2, 0.25) is 0 Å². The molecule has 1 aliphatic rings. The van der Waals surface area contributed by atoms with E-state index in [0.717, 1.165) is 38.7 Å². The van der Waals surface area contributed by atoms with Crippen LogP contribution in [-0.4, -0.2) is 18.5 Å². The maximum absolute atomic E-state index is 13.1. The van der Waals surface area contributed by atoms with Crippen LogP contribution >= 0.6 is 11.8 Å². The molecule has 2 N–H and O–H groups in total. The van der Waals surface area contributed by atoms with Crippen LogP contribution in [0, 0.1) is 6.92 Å². The molecule has 158 valence electrons. The number of para-hydroxylation sites is 1. The van der Waals surface area contributed by atoms with Crippen molar-refractivity contribution in [2.24, 2.45) is 0 Å². The monoisotopic (exact) mass is 431 g/mol. The van der Waals surface area contributed by atoms with Crippen LogP contribution in [-0.2, 0) is 6.42 Å². The molecule has 3 amide bonds. The molecule has 0 radical (unpaired) electrons. The average Bonchev–Trinajstić information content (AvgIpc) is 2.88. The molecule has 5 nitrogen and oxygen atoms in total. The molecule has 0 bridgehead atoms. The number of carbonyl (C=O) groups excluding carboxylic acids is 2. The highest BCUT2D eigenvalue weighted by Crippen LogP contribution is 2.42. The number of nitrogens with zero attached hydrogens (tertiary/aromatic N) is 1. The molecule has 0 aromatic heterocycles. The first kappa shape index (κ1) is 21.0. The summed E-state index contributed by atoms with van der Waals surface area (Å²) in [6, 6.07) is 19.0. The highest BCUT2D eigenvalue weighted by Gasteiger charge is 2.26. The molecule has 0 aliphatic carbocycles. The SMILES string of the molecule is CCc1cccc(C)c1NC(=O)Nc1ccc2c(c1)N(CC)C(=O)c1ccccc1S2. The predicted molar refractivity (Wildman–Crippen MR) is 128 cm³/mol. The molecule has 0 spiro atoms. The van der Waals surface area contributed by atoms with E-state index in [4.69, 9.17) is 0 Å². The van der Waals surface area contributed by atoms with Gasteiger partial charge in [0.25, 0.3) is 5.91 Å². The second kappa shape index (κ2) is 8.86. The van der Waals surface area contributed by atoms with Crippen LogP contribution in [0.25, 0.3) is 0 Å². The van der Waals surface area contributed by atoms with Gasteiger partial charge in [0, 0.05) is 27.7 Å². The highest BCUT2D eigenvalue weighted by molar-refractivity contribution is 7.99. The number of nitrogens with one attached hydrogen (secondary N) is 2. The van der Waals surface area contributed by atoms with Gasteiger partial charge in [-0.15, -0.1) is 0 Å². The third-order valence-corrected chi connectivity index (χ3v) is 6.53. The number of hydrogen-bond donors (Lipinski definition) is 2. The largest absolute Gasteiger partial charge is 0.323 e. The number of urea groups is 1. The average molecular weight is 432 g/mol. The normalized spacial score (nSPS) is 12.6. The van der Waals surface area contributed by atoms with Gasteiger partial charge in [-0.3, -0.25) is 4.79 Å². The summed E-state index contributed by atoms with van der Waals surface area (Å²) < 4.78 is 0. The Balaban J connectivity index is 1.61. The molecule has 1 aliphatic heterocycles. The molecular weight excluding hydrogens is 406 g/mol. The molecule has 6 heteroatoms. The van der Waals surface area contributed by atoms with Crippen molar-refractivity contribution in [2.45, 2.75) is 37.0 Å². The number of benzene rings is 3. The first-order valence-corrected chi connectivity index (χ1v) is 11.2. The summed E-state index contributed by atoms with van der Waals surface area (Å²) in [6.07, 6.45) is 0.835. The molecular formula is C25H25N3O2S. The lowest BCUT2D eigenvalue weighted by Gasteiger charge is -2.22. The van der Waals surface area contributed by atoms with Crippen molar-refractivity contribution in [3.63, 3.8) is 0 Å². The second-order valence-electron chi connectivity index (χ2n) is 7.37. The number of aryl methyl sites for hydroxylation is 2. The third kappa shape index (κ3) is 4.16. The fourth-order valence-corrected chi connectivity index (χ4v) is 4.85. The Morgan fingerprint density at radius 3 is 2.55 bits per heavy atom. The lowest BCUT2D eigenvalue weighted by molar-refractivity contribution is 0.0985. The van der Waals surface area contributed by atoms with E-state index >= 15 is 0 Å². The number of fused-ring (bicyclic) bond motifs is 2. The lowest BCUT2D eigenvalue weighted by atomic mass is 10.1. The Labute approximate surface area is 186 Å². The fraction of sp³-hybridized carbons (Fsp3) is 0.200. The van der Waals surface area contributed by atoms with Gasteiger partial charge in [-0.05, 0) is 61.7 Å². The van der Waals surface area contributed by atoms with Gasteiger partial charge in [-0.2, -0.15) is 0 Å². The Morgan fingerprint density at radius 2 is 1.77 bits per heavy atom. The van der Waals surface area contributed by atoms with Crippen molar-refractivity contribution >= 4 is 40.8 Å². The van der Waals surface area contributed by atoms with E-state index in [1.807, 2.05) is 74.5 Å². The zero-order valence-corrected chi connectivity index (χ0v) is 18.7. The van der Waals surface area contributed by atoms with Gasteiger partial charge < -0.3 is 15.5 Å². The summed E-state index contributed by atoms with van der Waals surface area (Å²) in [5.74, 6) is -0.0292. The fourth-order valence-electron chi connectivity index (χ4n) is 3.79. The Hall–Kier alpha value is -3.25. The van der Waals surface area contributed by atoms with E-state index in [1.165, 1.54) is 0 Å². The van der Waals surface area contributed by atoms with Crippen LogP contribution in [0.4, 0.5) is 21.9 Å². The number of rotatable bonds is 4. The first-order chi connectivity index (χ1) is 15.0. The summed E-state index contributed by atoms with van der Waals surface area (Å²) in [5, 5.41) is 5.91. The molecule has 3 aromatic rings. The molecule has 0 saturated carbocycles. The van der Waals surface area contributed by atoms with Crippen LogP contribution in [0.15, 0.2) is 70.5 Å². The summed E-state index contributed by atoms with van der Waals surface area (Å²) in [5.41, 5.74) is 5.10. The molecule has 1 heterocycles. The number of anilines is 3. The highest BCUT2D eigenvalue weighted by atomic mass is 32.2. The quantitative estimate of drug-likeness (QED) is 0.507. The third-order valence-electron chi connectivity index (χ3n) is 5.38. The maximum atomic E-state index is 13.1. The zero-order valence-electron chi connectivity index (χ0n) is 17.9. The van der Waals surface area contributed by atoms with E-state index in [0.29, 0.717) is 17.8 Å². The van der Waals surface area contributed by atoms with Crippen molar-refractivity contribution in [1.82, 2.24) is 0 Å². The zero-order chi connectivity index (χ0) is 22.0. The van der Waals surface area contributed by atoms with E-state index in [2.05, 4.69) is 17.6 Å². The minimum absolute atomic E-state index is 0.0292. The van der Waals surface area contributed by atoms with Gasteiger partial charge in [-0.1, -0.05) is 49.0 Å². The van der Waals surface area contributed by atoms with Crippen molar-refractivity contribution in [2.75, 3.05) is 22.1 Å². The lowest BCUT2D eigenvalue weighted by Crippen LogP contribution is -2.30. The van der Waals surface area contributed by atoms with Crippen molar-refractivity contribution in [3.05, 3.63) is 77.4 Å². The van der Waals surface area contributed by atoms with Gasteiger partial charge in [0.15, 0.2) is 0 Å². The number of carbonyl (C=O) groups is 2. The Bertz CT molecular complexity index is 1160. The number of hydrogen-bond acceptors (Lipinski definition) is 3. The van der Waals surface area contributed by atoms with Crippen LogP contribution in [0.1, 0.15) is 35.3 Å². The summed E-state index contributed by atoms with van der Waals surface area (Å²) >= 11 is 1.57. The van der Waals surface area contributed by atoms with Crippen LogP contribution in [0.2, 0.25) is 0 Å². The Kier molecular flexibility index (Phi) is 6.00. The van der Waals surface area contributed by atoms with E-state index in [-0.39, 0.29) is 11.9 Å². The van der Waals surface area contributed by atoms with Crippen molar-refractivity contribution in [3.8, 4) is 0 Å². The minimum atomic E-state index is -0.303. The maximum Gasteiger partial charge on any atom is 0.323 e. The van der Waals surface area contributed by atoms with E-state index < -0.39 is 0 Å². The molecule has 0 atom stereocenters. The smallest absolute Gasteiger partial charge is 0.308 e. The van der Waals surface area contributed by atoms with Crippen molar-refractivity contribution < 1.29 is 9.59 Å². The van der Waals surface area contributed by atoms with Gasteiger partial charge in [-0.25, -0.2) is 4.79 Å². The first-order valence-electron chi connectivity index (χ1n) is 10.4. The van der Waals surface area contributed by atoms with Crippen molar-refractivity contribution in [1.29, 1.82) is 0 Å². The molecule has 31 heavy (non-hydrogen) atoms. The molecule has 0 saturated heterocycles. The predicted octanol–water partition coefficient (Wildman–Crippen LogP) is 6.33. The molecule has 0 fully saturated rings. The van der Waals surface area contributed by atoms with E-state index in [9.17, 15) is 9.59 Å². The van der Waals surface area contributed by atoms with Crippen LogP contribution < -0.4 is 15.5 Å². The van der Waals surface area contributed by atoms with E-state index in [1.54, 1.807) is 16.7 Å². The molecule has 3 aromatic carbocycles. The van der Waals surface area contributed by atoms with Gasteiger partial charge >= 0.3 is 6.03 Å². The molecule has 0 unspecified atom stereocenters. The van der Waals surface area contributed by atoms with Crippen LogP contribution in [0.5, 0.6) is 0 Å². The van der Waals surface area contributed by atoms with Crippen LogP contribution in [0.3, 0.4) is 0 Å². The van der Waals surface area contributed by atoms with Gasteiger partial charge in [0.1, 0.15) is 0 Å². The Morgan fingerprint density at radius 1 is 0.968 bits per heavy atom. The molecule has 4 rings (SSSR count). The standard InChI is InChI=1S/C25H25N3O2S/c1-4-17-10-8-9-16(3)23(17)27-25(30)26-18-13-14-22-20(15-18)28(5-2)24(29)19-11-6-7-12-21(19)31-22/h6-15H,4-5H2,1-3H3,(H2,26,27,30). The minimum Gasteiger partial charge on any atom is -0.308 e. The van der Waals surface area contributed by atoms with Gasteiger partial charge in [0.05, 0.1) is 11.3 Å². The summed E-state index contributed by atoms with van der Waals surface area (Å²) in [7, 11) is 0. The summed E-state index contributed by atoms with van der Waals surface area (Å²) in [6.45, 7) is 6.55. The topological polar surface area (TPSA) is 61.4 Å².